The van der Waals surface area contributed by atoms with E-state index in [-0.39, 0.29) is 0 Å². The van der Waals surface area contributed by atoms with Crippen LogP contribution in [-0.4, -0.2) is 19.4 Å². The summed E-state index contributed by atoms with van der Waals surface area (Å²) in [6.45, 7) is 0. The fourth-order valence-corrected chi connectivity index (χ4v) is 1.63. The molecular formula is C15H12O5. The Hall–Kier alpha value is -2.82. The van der Waals surface area contributed by atoms with Gasteiger partial charge in [0.05, 0.1) is 7.11 Å². The fourth-order valence-electron chi connectivity index (χ4n) is 1.63. The summed E-state index contributed by atoms with van der Waals surface area (Å²) in [4.78, 5) is 22.2. The van der Waals surface area contributed by atoms with E-state index in [1.54, 1.807) is 18.2 Å². The van der Waals surface area contributed by atoms with E-state index in [4.69, 9.17) is 4.74 Å². The Morgan fingerprint density at radius 3 is 2.20 bits per heavy atom. The second-order valence-corrected chi connectivity index (χ2v) is 3.77. The number of carbonyl (C=O) groups excluding carboxylic acids is 2. The molecule has 0 heterocycles. The van der Waals surface area contributed by atoms with Gasteiger partial charge in [-0.15, -0.1) is 0 Å². The Morgan fingerprint density at radius 1 is 0.850 bits per heavy atom. The Labute approximate surface area is 115 Å². The van der Waals surface area contributed by atoms with E-state index < -0.39 is 12.3 Å². The van der Waals surface area contributed by atoms with E-state index in [0.29, 0.717) is 5.75 Å². The van der Waals surface area contributed by atoms with Crippen LogP contribution in [0, 0.1) is 0 Å². The lowest BCUT2D eigenvalue weighted by Crippen LogP contribution is -2.16. The summed E-state index contributed by atoms with van der Waals surface area (Å²) in [5.74, 6) is 0.299. The lowest BCUT2D eigenvalue weighted by atomic mass is 10.1. The zero-order chi connectivity index (χ0) is 14.4. The third-order valence-electron chi connectivity index (χ3n) is 2.50. The van der Waals surface area contributed by atoms with Gasteiger partial charge < -0.3 is 14.2 Å². The molecule has 0 fully saturated rings. The molecule has 0 saturated carbocycles. The number of methoxy groups -OCH3 is 1. The molecule has 0 aliphatic carbocycles. The van der Waals surface area contributed by atoms with Gasteiger partial charge in [-0.2, -0.15) is 0 Å². The number of hydrogen-bond acceptors (Lipinski definition) is 5. The van der Waals surface area contributed by atoms with Crippen molar-refractivity contribution in [2.45, 2.75) is 0 Å². The lowest BCUT2D eigenvalue weighted by Gasteiger charge is -2.09. The Morgan fingerprint density at radius 2 is 1.50 bits per heavy atom. The van der Waals surface area contributed by atoms with E-state index >= 15 is 0 Å². The van der Waals surface area contributed by atoms with E-state index in [1.807, 2.05) is 36.4 Å². The molecule has 0 spiro atoms. The molecule has 0 unspecified atom stereocenters. The average Bonchev–Trinajstić information content (AvgIpc) is 2.48. The molecule has 5 heteroatoms. The van der Waals surface area contributed by atoms with Crippen LogP contribution >= 0.6 is 0 Å². The van der Waals surface area contributed by atoms with Crippen molar-refractivity contribution in [3.8, 4) is 16.9 Å². The summed E-state index contributed by atoms with van der Waals surface area (Å²) in [6.07, 6.45) is -2.26. The van der Waals surface area contributed by atoms with Crippen molar-refractivity contribution in [2.24, 2.45) is 0 Å². The predicted octanol–water partition coefficient (Wildman–Crippen LogP) is 3.64. The molecule has 102 valence electrons. The molecule has 0 saturated heterocycles. The molecular weight excluding hydrogens is 260 g/mol. The summed E-state index contributed by atoms with van der Waals surface area (Å²) in [6, 6.07) is 16.4. The molecule has 0 N–H and O–H groups in total. The maximum Gasteiger partial charge on any atom is 0.524 e. The Kier molecular flexibility index (Phi) is 4.34. The monoisotopic (exact) mass is 272 g/mol. The maximum absolute atomic E-state index is 11.4. The molecule has 2 aromatic carbocycles. The minimum absolute atomic E-state index is 0.299. The van der Waals surface area contributed by atoms with Crippen LogP contribution in [0.15, 0.2) is 54.6 Å². The first kappa shape index (κ1) is 13.6. The second kappa shape index (κ2) is 6.38. The minimum Gasteiger partial charge on any atom is -0.437 e. The molecule has 0 aliphatic rings. The van der Waals surface area contributed by atoms with Crippen LogP contribution in [0.25, 0.3) is 11.1 Å². The van der Waals surface area contributed by atoms with Gasteiger partial charge in [-0.25, -0.2) is 9.59 Å². The number of ether oxygens (including phenoxy) is 3. The van der Waals surface area contributed by atoms with Crippen LogP contribution in [-0.2, 0) is 9.47 Å². The van der Waals surface area contributed by atoms with E-state index in [1.165, 1.54) is 0 Å². The van der Waals surface area contributed by atoms with Crippen LogP contribution in [0.3, 0.4) is 0 Å². The number of carbonyl (C=O) groups is 2. The van der Waals surface area contributed by atoms with E-state index in [2.05, 4.69) is 9.47 Å². The van der Waals surface area contributed by atoms with Crippen LogP contribution in [0.1, 0.15) is 0 Å². The van der Waals surface area contributed by atoms with Gasteiger partial charge in [0.1, 0.15) is 5.75 Å². The molecule has 0 aromatic heterocycles. The van der Waals surface area contributed by atoms with Crippen LogP contribution < -0.4 is 4.74 Å². The van der Waals surface area contributed by atoms with Gasteiger partial charge in [0.2, 0.25) is 0 Å². The standard InChI is InChI=1S/C15H12O5/c1-18-14(16)20-15(17)19-13-10-6-5-9-12(13)11-7-3-2-4-8-11/h2-10H,1H3. The molecule has 0 radical (unpaired) electrons. The first-order valence-electron chi connectivity index (χ1n) is 5.83. The van der Waals surface area contributed by atoms with E-state index in [0.717, 1.165) is 18.2 Å². The highest BCUT2D eigenvalue weighted by atomic mass is 16.8. The molecule has 20 heavy (non-hydrogen) atoms. The van der Waals surface area contributed by atoms with Crippen molar-refractivity contribution in [2.75, 3.05) is 7.11 Å². The maximum atomic E-state index is 11.4. The van der Waals surface area contributed by atoms with Gasteiger partial charge in [0, 0.05) is 5.56 Å². The number of hydrogen-bond donors (Lipinski definition) is 0. The first-order valence-corrected chi connectivity index (χ1v) is 5.83. The van der Waals surface area contributed by atoms with Gasteiger partial charge in [0.25, 0.3) is 0 Å². The first-order chi connectivity index (χ1) is 9.70. The van der Waals surface area contributed by atoms with Gasteiger partial charge >= 0.3 is 12.3 Å². The van der Waals surface area contributed by atoms with Crippen molar-refractivity contribution >= 4 is 12.3 Å². The summed E-state index contributed by atoms with van der Waals surface area (Å²) in [5.41, 5.74) is 1.60. The molecule has 0 bridgehead atoms. The molecule has 0 atom stereocenters. The normalized spacial score (nSPS) is 9.65. The smallest absolute Gasteiger partial charge is 0.437 e. The zero-order valence-corrected chi connectivity index (χ0v) is 10.7. The van der Waals surface area contributed by atoms with Crippen LogP contribution in [0.2, 0.25) is 0 Å². The highest BCUT2D eigenvalue weighted by Gasteiger charge is 2.15. The van der Waals surface area contributed by atoms with Crippen LogP contribution in [0.4, 0.5) is 9.59 Å². The summed E-state index contributed by atoms with van der Waals surface area (Å²) >= 11 is 0. The summed E-state index contributed by atoms with van der Waals surface area (Å²) in [5, 5.41) is 0. The quantitative estimate of drug-likeness (QED) is 0.474. The van der Waals surface area contributed by atoms with Crippen molar-refractivity contribution < 1.29 is 23.8 Å². The van der Waals surface area contributed by atoms with Crippen molar-refractivity contribution in [1.29, 1.82) is 0 Å². The molecule has 2 rings (SSSR count). The third kappa shape index (κ3) is 3.35. The number of benzene rings is 2. The molecule has 0 amide bonds. The van der Waals surface area contributed by atoms with Gasteiger partial charge in [0.15, 0.2) is 0 Å². The van der Waals surface area contributed by atoms with Gasteiger partial charge in [-0.3, -0.25) is 0 Å². The third-order valence-corrected chi connectivity index (χ3v) is 2.50. The summed E-state index contributed by atoms with van der Waals surface area (Å²) < 4.78 is 13.5. The second-order valence-electron chi connectivity index (χ2n) is 3.77. The predicted molar refractivity (Wildman–Crippen MR) is 71.4 cm³/mol. The zero-order valence-electron chi connectivity index (χ0n) is 10.7. The molecule has 0 aliphatic heterocycles. The SMILES string of the molecule is COC(=O)OC(=O)Oc1ccccc1-c1ccccc1. The highest BCUT2D eigenvalue weighted by molar-refractivity contribution is 5.80. The van der Waals surface area contributed by atoms with Crippen molar-refractivity contribution in [3.63, 3.8) is 0 Å². The van der Waals surface area contributed by atoms with Crippen molar-refractivity contribution in [3.05, 3.63) is 54.6 Å². The molecule has 2 aromatic rings. The minimum atomic E-state index is -1.14. The van der Waals surface area contributed by atoms with Gasteiger partial charge in [-0.05, 0) is 11.6 Å². The highest BCUT2D eigenvalue weighted by Crippen LogP contribution is 2.29. The summed E-state index contributed by atoms with van der Waals surface area (Å²) in [7, 11) is 1.10. The van der Waals surface area contributed by atoms with Gasteiger partial charge in [-0.1, -0.05) is 48.5 Å². The topological polar surface area (TPSA) is 61.8 Å². The number of rotatable bonds is 2. The largest absolute Gasteiger partial charge is 0.524 e. The molecule has 5 nitrogen and oxygen atoms in total. The number of para-hydroxylation sites is 1. The average molecular weight is 272 g/mol. The Bertz CT molecular complexity index is 607. The van der Waals surface area contributed by atoms with Crippen molar-refractivity contribution in [1.82, 2.24) is 0 Å². The lowest BCUT2D eigenvalue weighted by molar-refractivity contribution is 0.0716. The fraction of sp³-hybridized carbons (Fsp3) is 0.0667. The van der Waals surface area contributed by atoms with E-state index in [9.17, 15) is 9.59 Å². The Balaban J connectivity index is 2.21. The van der Waals surface area contributed by atoms with Crippen LogP contribution in [0.5, 0.6) is 5.75 Å².